The van der Waals surface area contributed by atoms with Gasteiger partial charge in [-0.2, -0.15) is 10.2 Å². The summed E-state index contributed by atoms with van der Waals surface area (Å²) in [4.78, 5) is 19.1. The molecule has 1 aliphatic rings. The predicted molar refractivity (Wildman–Crippen MR) is 89.4 cm³/mol. The van der Waals surface area contributed by atoms with Crippen LogP contribution in [-0.4, -0.2) is 48.9 Å². The monoisotopic (exact) mass is 331 g/mol. The number of fused-ring (bicyclic) bond motifs is 1. The van der Waals surface area contributed by atoms with Gasteiger partial charge in [0.15, 0.2) is 5.69 Å². The molecule has 0 aliphatic carbocycles. The van der Waals surface area contributed by atoms with E-state index in [1.54, 1.807) is 0 Å². The average Bonchev–Trinajstić information content (AvgIpc) is 3.12. The van der Waals surface area contributed by atoms with Gasteiger partial charge in [0.05, 0.1) is 11.7 Å². The standard InChI is InChI=1S/C16H25N7O/c1-4-6-23-15(17-11-18-23)12(2)19-16(24)14-9-13-10-21(3)7-5-8-22(13)20-14/h9,11-12H,4-8,10H2,1-3H3,(H,19,24). The maximum absolute atomic E-state index is 12.5. The van der Waals surface area contributed by atoms with E-state index in [1.807, 2.05) is 22.4 Å². The van der Waals surface area contributed by atoms with E-state index in [0.717, 1.165) is 50.5 Å². The zero-order chi connectivity index (χ0) is 17.1. The SMILES string of the molecule is CCCn1ncnc1C(C)NC(=O)c1cc2n(n1)CCCN(C)C2. The lowest BCUT2D eigenvalue weighted by Gasteiger charge is -2.13. The highest BCUT2D eigenvalue weighted by Crippen LogP contribution is 2.14. The Morgan fingerprint density at radius 2 is 2.25 bits per heavy atom. The van der Waals surface area contributed by atoms with Gasteiger partial charge >= 0.3 is 0 Å². The third-order valence-electron chi connectivity index (χ3n) is 4.25. The molecule has 0 fully saturated rings. The Kier molecular flexibility index (Phi) is 4.94. The fourth-order valence-corrected chi connectivity index (χ4v) is 3.06. The van der Waals surface area contributed by atoms with Crippen molar-refractivity contribution in [2.24, 2.45) is 0 Å². The average molecular weight is 331 g/mol. The van der Waals surface area contributed by atoms with Gasteiger partial charge < -0.3 is 10.2 Å². The van der Waals surface area contributed by atoms with E-state index in [4.69, 9.17) is 0 Å². The number of carbonyl (C=O) groups excluding carboxylic acids is 1. The number of aromatic nitrogens is 5. The van der Waals surface area contributed by atoms with Crippen molar-refractivity contribution in [1.82, 2.24) is 34.8 Å². The molecule has 0 radical (unpaired) electrons. The van der Waals surface area contributed by atoms with Crippen LogP contribution in [0.5, 0.6) is 0 Å². The molecular weight excluding hydrogens is 306 g/mol. The van der Waals surface area contributed by atoms with Crippen LogP contribution in [0.3, 0.4) is 0 Å². The van der Waals surface area contributed by atoms with Gasteiger partial charge in [-0.05, 0) is 32.9 Å². The normalized spacial score (nSPS) is 16.5. The first-order chi connectivity index (χ1) is 11.6. The molecule has 3 rings (SSSR count). The summed E-state index contributed by atoms with van der Waals surface area (Å²) in [5, 5.41) is 11.7. The number of nitrogens with one attached hydrogen (secondary N) is 1. The summed E-state index contributed by atoms with van der Waals surface area (Å²) < 4.78 is 3.78. The molecule has 0 spiro atoms. The van der Waals surface area contributed by atoms with Crippen molar-refractivity contribution < 1.29 is 4.79 Å². The minimum absolute atomic E-state index is 0.170. The highest BCUT2D eigenvalue weighted by molar-refractivity contribution is 5.92. The van der Waals surface area contributed by atoms with Crippen LogP contribution >= 0.6 is 0 Å². The number of aryl methyl sites for hydroxylation is 2. The summed E-state index contributed by atoms with van der Waals surface area (Å²) in [6, 6.07) is 1.68. The first kappa shape index (κ1) is 16.6. The number of hydrogen-bond acceptors (Lipinski definition) is 5. The Balaban J connectivity index is 1.71. The van der Waals surface area contributed by atoms with Crippen molar-refractivity contribution >= 4 is 5.91 Å². The van der Waals surface area contributed by atoms with Gasteiger partial charge in [-0.3, -0.25) is 9.48 Å². The Hall–Kier alpha value is -2.22. The second kappa shape index (κ2) is 7.12. The molecule has 1 unspecified atom stereocenters. The van der Waals surface area contributed by atoms with Gasteiger partial charge in [0.25, 0.3) is 5.91 Å². The number of nitrogens with zero attached hydrogens (tertiary/aromatic N) is 6. The molecule has 0 saturated heterocycles. The van der Waals surface area contributed by atoms with Gasteiger partial charge in [-0.25, -0.2) is 9.67 Å². The van der Waals surface area contributed by atoms with Crippen LogP contribution < -0.4 is 5.32 Å². The van der Waals surface area contributed by atoms with Crippen molar-refractivity contribution in [3.8, 4) is 0 Å². The summed E-state index contributed by atoms with van der Waals surface area (Å²) in [6.45, 7) is 7.52. The number of amides is 1. The lowest BCUT2D eigenvalue weighted by Crippen LogP contribution is -2.29. The largest absolute Gasteiger partial charge is 0.341 e. The van der Waals surface area contributed by atoms with Gasteiger partial charge in [-0.15, -0.1) is 0 Å². The van der Waals surface area contributed by atoms with E-state index in [0.29, 0.717) is 5.69 Å². The van der Waals surface area contributed by atoms with Crippen molar-refractivity contribution in [2.75, 3.05) is 13.6 Å². The minimum Gasteiger partial charge on any atom is -0.341 e. The van der Waals surface area contributed by atoms with Gasteiger partial charge in [0, 0.05) is 26.2 Å². The molecule has 1 amide bonds. The van der Waals surface area contributed by atoms with Crippen molar-refractivity contribution in [3.05, 3.63) is 29.6 Å². The Bertz CT molecular complexity index is 705. The van der Waals surface area contributed by atoms with Gasteiger partial charge in [0.2, 0.25) is 0 Å². The molecule has 8 heteroatoms. The molecule has 2 aromatic rings. The van der Waals surface area contributed by atoms with Crippen molar-refractivity contribution in [2.45, 2.75) is 52.4 Å². The molecule has 1 aliphatic heterocycles. The van der Waals surface area contributed by atoms with Crippen LogP contribution in [0.25, 0.3) is 0 Å². The van der Waals surface area contributed by atoms with E-state index >= 15 is 0 Å². The van der Waals surface area contributed by atoms with Gasteiger partial charge in [0.1, 0.15) is 12.2 Å². The van der Waals surface area contributed by atoms with Crippen molar-refractivity contribution in [3.63, 3.8) is 0 Å². The van der Waals surface area contributed by atoms with Crippen LogP contribution in [0.1, 0.15) is 54.7 Å². The molecule has 130 valence electrons. The molecular formula is C16H25N7O. The van der Waals surface area contributed by atoms with Gasteiger partial charge in [-0.1, -0.05) is 6.92 Å². The van der Waals surface area contributed by atoms with Crippen molar-refractivity contribution in [1.29, 1.82) is 0 Å². The van der Waals surface area contributed by atoms with E-state index in [9.17, 15) is 4.79 Å². The molecule has 0 bridgehead atoms. The zero-order valence-corrected chi connectivity index (χ0v) is 14.6. The van der Waals surface area contributed by atoms with E-state index in [1.165, 1.54) is 6.33 Å². The summed E-state index contributed by atoms with van der Waals surface area (Å²) in [7, 11) is 2.09. The Morgan fingerprint density at radius 3 is 3.04 bits per heavy atom. The lowest BCUT2D eigenvalue weighted by molar-refractivity contribution is 0.0931. The highest BCUT2D eigenvalue weighted by atomic mass is 16.2. The molecule has 24 heavy (non-hydrogen) atoms. The number of hydrogen-bond donors (Lipinski definition) is 1. The Labute approximate surface area is 141 Å². The second-order valence-corrected chi connectivity index (χ2v) is 6.37. The maximum Gasteiger partial charge on any atom is 0.272 e. The molecule has 0 saturated carbocycles. The summed E-state index contributed by atoms with van der Waals surface area (Å²) in [5.41, 5.74) is 1.55. The maximum atomic E-state index is 12.5. The molecule has 0 aromatic carbocycles. The molecule has 2 aromatic heterocycles. The number of rotatable bonds is 5. The third-order valence-corrected chi connectivity index (χ3v) is 4.25. The van der Waals surface area contributed by atoms with E-state index < -0.39 is 0 Å². The van der Waals surface area contributed by atoms with Crippen LogP contribution in [0.4, 0.5) is 0 Å². The third kappa shape index (κ3) is 3.48. The minimum atomic E-state index is -0.212. The van der Waals surface area contributed by atoms with E-state index in [2.05, 4.69) is 39.4 Å². The quantitative estimate of drug-likeness (QED) is 0.891. The molecule has 1 N–H and O–H groups in total. The molecule has 8 nitrogen and oxygen atoms in total. The lowest BCUT2D eigenvalue weighted by atomic mass is 10.2. The van der Waals surface area contributed by atoms with Crippen LogP contribution in [0.2, 0.25) is 0 Å². The fraction of sp³-hybridized carbons (Fsp3) is 0.625. The smallest absolute Gasteiger partial charge is 0.272 e. The first-order valence-corrected chi connectivity index (χ1v) is 8.52. The summed E-state index contributed by atoms with van der Waals surface area (Å²) in [6.07, 6.45) is 3.55. The number of carbonyl (C=O) groups is 1. The van der Waals surface area contributed by atoms with Crippen LogP contribution in [0, 0.1) is 0 Å². The first-order valence-electron chi connectivity index (χ1n) is 8.52. The summed E-state index contributed by atoms with van der Waals surface area (Å²) in [5.74, 6) is 0.600. The van der Waals surface area contributed by atoms with Crippen LogP contribution in [0.15, 0.2) is 12.4 Å². The molecule has 3 heterocycles. The summed E-state index contributed by atoms with van der Waals surface area (Å²) >= 11 is 0. The zero-order valence-electron chi connectivity index (χ0n) is 14.6. The van der Waals surface area contributed by atoms with Crippen LogP contribution in [-0.2, 0) is 19.6 Å². The highest BCUT2D eigenvalue weighted by Gasteiger charge is 2.21. The van der Waals surface area contributed by atoms with E-state index in [-0.39, 0.29) is 11.9 Å². The Morgan fingerprint density at radius 1 is 1.42 bits per heavy atom. The topological polar surface area (TPSA) is 80.9 Å². The second-order valence-electron chi connectivity index (χ2n) is 6.37. The molecule has 1 atom stereocenters. The fourth-order valence-electron chi connectivity index (χ4n) is 3.06. The predicted octanol–water partition coefficient (Wildman–Crippen LogP) is 1.21.